The maximum Gasteiger partial charge on any atom is 0.216 e. The molecule has 106 valence electrons. The normalized spacial score (nSPS) is 13.7. The van der Waals surface area contributed by atoms with Crippen molar-refractivity contribution in [1.82, 2.24) is 5.32 Å². The predicted molar refractivity (Wildman–Crippen MR) is 67.2 cm³/mol. The van der Waals surface area contributed by atoms with Crippen molar-refractivity contribution < 1.29 is 24.1 Å². The molecular formula is C13H18FNO4. The van der Waals surface area contributed by atoms with Crippen molar-refractivity contribution in [3.63, 3.8) is 0 Å². The summed E-state index contributed by atoms with van der Waals surface area (Å²) in [6.07, 6.45) is -2.59. The number of aliphatic hydroxyl groups excluding tert-OH is 2. The molecule has 0 aliphatic heterocycles. The minimum atomic E-state index is -1.34. The monoisotopic (exact) mass is 271 g/mol. The number of rotatable bonds is 6. The third kappa shape index (κ3) is 4.50. The minimum absolute atomic E-state index is 0.126. The van der Waals surface area contributed by atoms with E-state index in [0.717, 1.165) is 6.07 Å². The Balaban J connectivity index is 2.87. The second kappa shape index (κ2) is 7.06. The Labute approximate surface area is 111 Å². The van der Waals surface area contributed by atoms with Crippen LogP contribution in [0.25, 0.3) is 0 Å². The number of aliphatic hydroxyl groups is 2. The summed E-state index contributed by atoms with van der Waals surface area (Å²) in [5.41, 5.74) is 0.153. The van der Waals surface area contributed by atoms with E-state index in [9.17, 15) is 19.4 Å². The summed E-state index contributed by atoms with van der Waals surface area (Å²) < 4.78 is 18.5. The van der Waals surface area contributed by atoms with E-state index in [2.05, 4.69) is 5.32 Å². The summed E-state index contributed by atoms with van der Waals surface area (Å²) in [5, 5.41) is 22.1. The number of hydrogen-bond donors (Lipinski definition) is 3. The number of hydrogen-bond acceptors (Lipinski definition) is 4. The lowest BCUT2D eigenvalue weighted by Gasteiger charge is -2.20. The smallest absolute Gasteiger partial charge is 0.216 e. The van der Waals surface area contributed by atoms with Gasteiger partial charge in [-0.15, -0.1) is 0 Å². The number of carbonyl (C=O) groups excluding carboxylic acids is 1. The molecular weight excluding hydrogens is 253 g/mol. The second-order valence-electron chi connectivity index (χ2n) is 4.06. The number of nitrogens with one attached hydrogen (secondary N) is 1. The molecule has 5 nitrogen and oxygen atoms in total. The van der Waals surface area contributed by atoms with Crippen LogP contribution in [0.3, 0.4) is 0 Å². The van der Waals surface area contributed by atoms with Crippen LogP contribution in [0, 0.1) is 5.82 Å². The molecule has 0 bridgehead atoms. The maximum atomic E-state index is 13.2. The number of halogens is 1. The molecule has 0 aliphatic carbocycles. The Kier molecular flexibility index (Phi) is 5.72. The van der Waals surface area contributed by atoms with Gasteiger partial charge in [-0.05, 0) is 25.1 Å². The van der Waals surface area contributed by atoms with Crippen LogP contribution in [0.5, 0.6) is 5.75 Å². The molecule has 0 heterocycles. The fraction of sp³-hybridized carbons (Fsp3) is 0.462. The molecule has 1 rings (SSSR count). The van der Waals surface area contributed by atoms with Crippen LogP contribution in [0.2, 0.25) is 0 Å². The summed E-state index contributed by atoms with van der Waals surface area (Å²) >= 11 is 0. The van der Waals surface area contributed by atoms with Gasteiger partial charge in [0, 0.05) is 19.0 Å². The molecule has 2 atom stereocenters. The third-order valence-corrected chi connectivity index (χ3v) is 2.51. The van der Waals surface area contributed by atoms with Crippen molar-refractivity contribution in [1.29, 1.82) is 0 Å². The van der Waals surface area contributed by atoms with Gasteiger partial charge in [-0.2, -0.15) is 0 Å². The van der Waals surface area contributed by atoms with E-state index in [1.54, 1.807) is 6.92 Å². The Morgan fingerprint density at radius 2 is 2.16 bits per heavy atom. The van der Waals surface area contributed by atoms with Gasteiger partial charge < -0.3 is 20.3 Å². The van der Waals surface area contributed by atoms with Crippen molar-refractivity contribution in [2.75, 3.05) is 13.2 Å². The van der Waals surface area contributed by atoms with Crippen LogP contribution < -0.4 is 10.1 Å². The van der Waals surface area contributed by atoms with E-state index in [4.69, 9.17) is 4.74 Å². The summed E-state index contributed by atoms with van der Waals surface area (Å²) in [5.74, 6) is -0.557. The van der Waals surface area contributed by atoms with Crippen LogP contribution >= 0.6 is 0 Å². The van der Waals surface area contributed by atoms with E-state index < -0.39 is 18.0 Å². The van der Waals surface area contributed by atoms with Crippen molar-refractivity contribution in [2.45, 2.75) is 26.1 Å². The van der Waals surface area contributed by atoms with Gasteiger partial charge in [0.1, 0.15) is 23.8 Å². The van der Waals surface area contributed by atoms with Gasteiger partial charge in [0.2, 0.25) is 5.91 Å². The zero-order valence-corrected chi connectivity index (χ0v) is 10.9. The summed E-state index contributed by atoms with van der Waals surface area (Å²) in [4.78, 5) is 10.7. The van der Waals surface area contributed by atoms with Gasteiger partial charge >= 0.3 is 0 Å². The molecule has 6 heteroatoms. The first-order chi connectivity index (χ1) is 8.95. The van der Waals surface area contributed by atoms with Crippen molar-refractivity contribution in [3.8, 4) is 5.75 Å². The fourth-order valence-electron chi connectivity index (χ4n) is 1.60. The Hall–Kier alpha value is -1.66. The van der Waals surface area contributed by atoms with E-state index in [1.807, 2.05) is 0 Å². The molecule has 2 unspecified atom stereocenters. The van der Waals surface area contributed by atoms with Gasteiger partial charge in [-0.3, -0.25) is 4.79 Å². The van der Waals surface area contributed by atoms with E-state index in [-0.39, 0.29) is 18.0 Å². The summed E-state index contributed by atoms with van der Waals surface area (Å²) in [6.45, 7) is 3.28. The molecule has 0 saturated heterocycles. The zero-order chi connectivity index (χ0) is 14.4. The highest BCUT2D eigenvalue weighted by molar-refractivity contribution is 5.72. The highest BCUT2D eigenvalue weighted by Crippen LogP contribution is 2.28. The van der Waals surface area contributed by atoms with Crippen LogP contribution in [0.4, 0.5) is 4.39 Å². The molecule has 19 heavy (non-hydrogen) atoms. The number of amides is 1. The highest BCUT2D eigenvalue weighted by atomic mass is 19.1. The van der Waals surface area contributed by atoms with Gasteiger partial charge in [0.15, 0.2) is 0 Å². The van der Waals surface area contributed by atoms with Crippen molar-refractivity contribution >= 4 is 5.91 Å². The molecule has 0 fully saturated rings. The van der Waals surface area contributed by atoms with Gasteiger partial charge in [0.05, 0.1) is 6.61 Å². The number of benzene rings is 1. The molecule has 1 amide bonds. The lowest BCUT2D eigenvalue weighted by atomic mass is 10.0. The average molecular weight is 271 g/mol. The van der Waals surface area contributed by atoms with E-state index >= 15 is 0 Å². The first-order valence-electron chi connectivity index (χ1n) is 5.98. The van der Waals surface area contributed by atoms with Gasteiger partial charge in [-0.1, -0.05) is 0 Å². The van der Waals surface area contributed by atoms with Crippen LogP contribution in [0.15, 0.2) is 18.2 Å². The Bertz CT molecular complexity index is 439. The maximum absolute atomic E-state index is 13.2. The van der Waals surface area contributed by atoms with Crippen LogP contribution in [0.1, 0.15) is 25.5 Å². The number of carbonyl (C=O) groups is 1. The molecule has 1 aromatic rings. The predicted octanol–water partition coefficient (Wildman–Crippen LogP) is 0.755. The second-order valence-corrected chi connectivity index (χ2v) is 4.06. The molecule has 3 N–H and O–H groups in total. The topological polar surface area (TPSA) is 78.8 Å². The van der Waals surface area contributed by atoms with Gasteiger partial charge in [-0.25, -0.2) is 4.39 Å². The zero-order valence-electron chi connectivity index (χ0n) is 10.9. The molecule has 0 saturated carbocycles. The first kappa shape index (κ1) is 15.4. The quantitative estimate of drug-likeness (QED) is 0.713. The Morgan fingerprint density at radius 1 is 1.47 bits per heavy atom. The van der Waals surface area contributed by atoms with Crippen molar-refractivity contribution in [3.05, 3.63) is 29.6 Å². The van der Waals surface area contributed by atoms with E-state index in [0.29, 0.717) is 12.4 Å². The molecule has 0 aromatic heterocycles. The first-order valence-corrected chi connectivity index (χ1v) is 5.98. The van der Waals surface area contributed by atoms with Crippen LogP contribution in [-0.4, -0.2) is 35.4 Å². The van der Waals surface area contributed by atoms with Crippen LogP contribution in [-0.2, 0) is 4.79 Å². The summed E-state index contributed by atoms with van der Waals surface area (Å²) in [6, 6.07) is 3.70. The van der Waals surface area contributed by atoms with Crippen molar-refractivity contribution in [2.24, 2.45) is 0 Å². The highest BCUT2D eigenvalue weighted by Gasteiger charge is 2.22. The lowest BCUT2D eigenvalue weighted by Crippen LogP contribution is -2.34. The SMILES string of the molecule is CCOc1ccc(F)cc1C(O)C(O)CNC(C)=O. The molecule has 0 aliphatic rings. The summed E-state index contributed by atoms with van der Waals surface area (Å²) in [7, 11) is 0. The standard InChI is InChI=1S/C13H18FNO4/c1-3-19-12-5-4-9(14)6-10(12)13(18)11(17)7-15-8(2)16/h4-6,11,13,17-18H,3,7H2,1-2H3,(H,15,16). The molecule has 1 aromatic carbocycles. The Morgan fingerprint density at radius 3 is 2.74 bits per heavy atom. The third-order valence-electron chi connectivity index (χ3n) is 2.51. The largest absolute Gasteiger partial charge is 0.493 e. The molecule has 0 radical (unpaired) electrons. The lowest BCUT2D eigenvalue weighted by molar-refractivity contribution is -0.119. The fourth-order valence-corrected chi connectivity index (χ4v) is 1.60. The average Bonchev–Trinajstić information content (AvgIpc) is 2.37. The van der Waals surface area contributed by atoms with Gasteiger partial charge in [0.25, 0.3) is 0 Å². The minimum Gasteiger partial charge on any atom is -0.493 e. The molecule has 0 spiro atoms. The number of ether oxygens (including phenoxy) is 1. The van der Waals surface area contributed by atoms with E-state index in [1.165, 1.54) is 19.1 Å².